The summed E-state index contributed by atoms with van der Waals surface area (Å²) in [6.45, 7) is 1.97. The van der Waals surface area contributed by atoms with Crippen LogP contribution >= 0.6 is 24.2 Å². The zero-order valence-electron chi connectivity index (χ0n) is 17.0. The molecule has 0 saturated heterocycles. The molecule has 0 amide bonds. The zero-order chi connectivity index (χ0) is 22.4. The van der Waals surface area contributed by atoms with Crippen molar-refractivity contribution in [2.45, 2.75) is 18.8 Å². The fourth-order valence-electron chi connectivity index (χ4n) is 2.82. The van der Waals surface area contributed by atoms with Crippen LogP contribution in [0.4, 0.5) is 0 Å². The first kappa shape index (κ1) is 22.6. The Morgan fingerprint density at radius 1 is 1.23 bits per heavy atom. The summed E-state index contributed by atoms with van der Waals surface area (Å²) in [4.78, 5) is 17.0. The van der Waals surface area contributed by atoms with Crippen LogP contribution in [0.2, 0.25) is 5.02 Å². The summed E-state index contributed by atoms with van der Waals surface area (Å²) >= 11 is 10.6. The maximum absolute atomic E-state index is 12.2. The van der Waals surface area contributed by atoms with E-state index in [1.165, 1.54) is 14.2 Å². The average molecular weight is 462 g/mol. The van der Waals surface area contributed by atoms with E-state index in [1.54, 1.807) is 42.5 Å². The lowest BCUT2D eigenvalue weighted by Crippen LogP contribution is -2.20. The van der Waals surface area contributed by atoms with E-state index in [0.717, 1.165) is 5.56 Å². The number of carbonyl (C=O) groups excluding carboxylic acids is 1. The number of ether oxygens (including phenoxy) is 2. The van der Waals surface area contributed by atoms with Gasteiger partial charge in [-0.3, -0.25) is 0 Å². The van der Waals surface area contributed by atoms with Crippen LogP contribution in [-0.2, 0) is 21.0 Å². The van der Waals surface area contributed by atoms with E-state index in [0.29, 0.717) is 21.9 Å². The van der Waals surface area contributed by atoms with Crippen LogP contribution in [0.3, 0.4) is 0 Å². The highest BCUT2D eigenvalue weighted by Crippen LogP contribution is 2.31. The lowest BCUT2D eigenvalue weighted by atomic mass is 10.00. The van der Waals surface area contributed by atoms with Gasteiger partial charge in [-0.1, -0.05) is 41.0 Å². The van der Waals surface area contributed by atoms with E-state index < -0.39 is 11.2 Å². The van der Waals surface area contributed by atoms with Gasteiger partial charge in [0.2, 0.25) is 5.89 Å². The van der Waals surface area contributed by atoms with Gasteiger partial charge in [-0.15, -0.1) is 10.2 Å². The van der Waals surface area contributed by atoms with Crippen LogP contribution in [0.25, 0.3) is 0 Å². The predicted octanol–water partition coefficient (Wildman–Crippen LogP) is 4.15. The van der Waals surface area contributed by atoms with Crippen molar-refractivity contribution in [3.63, 3.8) is 0 Å². The predicted molar refractivity (Wildman–Crippen MR) is 118 cm³/mol. The van der Waals surface area contributed by atoms with Gasteiger partial charge < -0.3 is 18.7 Å². The second-order valence-corrected chi connectivity index (χ2v) is 7.29. The molecule has 0 saturated carbocycles. The van der Waals surface area contributed by atoms with Gasteiger partial charge in [0, 0.05) is 10.6 Å². The minimum atomic E-state index is -0.646. The summed E-state index contributed by atoms with van der Waals surface area (Å²) < 4.78 is 16.3. The summed E-state index contributed by atoms with van der Waals surface area (Å²) in [6, 6.07) is 12.4. The number of benzene rings is 2. The number of halogens is 1. The second kappa shape index (κ2) is 10.3. The number of oxime groups is 1. The van der Waals surface area contributed by atoms with E-state index in [9.17, 15) is 4.79 Å². The molecule has 0 bridgehead atoms. The Balaban J connectivity index is 1.82. The number of hydrogen-bond donors (Lipinski definition) is 1. The Kier molecular flexibility index (Phi) is 7.54. The zero-order valence-corrected chi connectivity index (χ0v) is 18.7. The standard InChI is InChI=1S/C21H20ClN3O5S/c1-12-10-13(22)8-9-16(12)29-11-17-23-24-20(30-17)19(31)15-7-5-4-6-14(15)18(25-28-3)21(26)27-2/h4-10,19,31H,11H2,1-3H3. The number of hydrogen-bond acceptors (Lipinski definition) is 9. The molecule has 8 nitrogen and oxygen atoms in total. The van der Waals surface area contributed by atoms with Crippen LogP contribution in [0.5, 0.6) is 5.75 Å². The smallest absolute Gasteiger partial charge is 0.360 e. The molecule has 1 aromatic heterocycles. The van der Waals surface area contributed by atoms with Crippen molar-refractivity contribution >= 4 is 35.9 Å². The molecule has 0 N–H and O–H groups in total. The molecule has 0 radical (unpaired) electrons. The summed E-state index contributed by atoms with van der Waals surface area (Å²) in [5, 5.41) is 11.9. The van der Waals surface area contributed by atoms with Crippen LogP contribution in [0.1, 0.15) is 33.7 Å². The summed E-state index contributed by atoms with van der Waals surface area (Å²) in [7, 11) is 2.61. The van der Waals surface area contributed by atoms with Gasteiger partial charge in [0.15, 0.2) is 12.3 Å². The number of carbonyl (C=O) groups is 1. The molecule has 10 heteroatoms. The number of methoxy groups -OCH3 is 1. The number of rotatable bonds is 8. The third-order valence-electron chi connectivity index (χ3n) is 4.28. The first-order valence-corrected chi connectivity index (χ1v) is 10.0. The second-order valence-electron chi connectivity index (χ2n) is 6.34. The van der Waals surface area contributed by atoms with Gasteiger partial charge in [0.05, 0.1) is 7.11 Å². The summed E-state index contributed by atoms with van der Waals surface area (Å²) in [5.41, 5.74) is 1.99. The van der Waals surface area contributed by atoms with Crippen molar-refractivity contribution in [3.05, 3.63) is 76.0 Å². The van der Waals surface area contributed by atoms with Gasteiger partial charge in [0.1, 0.15) is 18.1 Å². The van der Waals surface area contributed by atoms with Crippen molar-refractivity contribution in [3.8, 4) is 5.75 Å². The minimum absolute atomic E-state index is 0.000866. The Hall–Kier alpha value is -3.04. The molecule has 0 aliphatic rings. The summed E-state index contributed by atoms with van der Waals surface area (Å²) in [6.07, 6.45) is 0. The topological polar surface area (TPSA) is 96.0 Å². The molecule has 1 heterocycles. The molecule has 2 aromatic carbocycles. The molecule has 162 valence electrons. The lowest BCUT2D eigenvalue weighted by molar-refractivity contribution is -0.132. The van der Waals surface area contributed by atoms with E-state index in [4.69, 9.17) is 30.3 Å². The van der Waals surface area contributed by atoms with Gasteiger partial charge in [-0.25, -0.2) is 4.79 Å². The van der Waals surface area contributed by atoms with Gasteiger partial charge in [-0.2, -0.15) is 12.6 Å². The SMILES string of the molecule is CON=C(C(=O)OC)c1ccccc1C(S)c1nnc(COc2ccc(Cl)cc2C)o1. The molecule has 3 rings (SSSR count). The van der Waals surface area contributed by atoms with E-state index in [-0.39, 0.29) is 24.1 Å². The largest absolute Gasteiger partial charge is 0.484 e. The Morgan fingerprint density at radius 3 is 2.71 bits per heavy atom. The Bertz CT molecular complexity index is 1100. The number of esters is 1. The Morgan fingerprint density at radius 2 is 2.00 bits per heavy atom. The van der Waals surface area contributed by atoms with Crippen LogP contribution in [0, 0.1) is 6.92 Å². The van der Waals surface area contributed by atoms with Crippen molar-refractivity contribution in [1.29, 1.82) is 0 Å². The van der Waals surface area contributed by atoms with E-state index in [2.05, 4.69) is 28.0 Å². The molecule has 1 atom stereocenters. The minimum Gasteiger partial charge on any atom is -0.484 e. The van der Waals surface area contributed by atoms with Crippen molar-refractivity contribution in [2.75, 3.05) is 14.2 Å². The number of thiol groups is 1. The molecule has 0 aliphatic carbocycles. The van der Waals surface area contributed by atoms with Crippen LogP contribution < -0.4 is 4.74 Å². The maximum atomic E-state index is 12.2. The first-order valence-electron chi connectivity index (χ1n) is 9.12. The fourth-order valence-corrected chi connectivity index (χ4v) is 3.37. The van der Waals surface area contributed by atoms with Crippen molar-refractivity contribution in [2.24, 2.45) is 5.16 Å². The molecule has 0 aliphatic heterocycles. The van der Waals surface area contributed by atoms with Crippen LogP contribution in [-0.4, -0.2) is 36.1 Å². The molecular weight excluding hydrogens is 442 g/mol. The quantitative estimate of drug-likeness (QED) is 0.233. The molecular formula is C21H20ClN3O5S. The number of aromatic nitrogens is 2. The van der Waals surface area contributed by atoms with E-state index in [1.807, 2.05) is 6.92 Å². The monoisotopic (exact) mass is 461 g/mol. The van der Waals surface area contributed by atoms with Gasteiger partial charge in [-0.05, 0) is 36.2 Å². The molecule has 0 spiro atoms. The molecule has 0 fully saturated rings. The maximum Gasteiger partial charge on any atom is 0.360 e. The highest BCUT2D eigenvalue weighted by molar-refractivity contribution is 7.80. The molecule has 31 heavy (non-hydrogen) atoms. The lowest BCUT2D eigenvalue weighted by Gasteiger charge is -2.13. The van der Waals surface area contributed by atoms with Crippen molar-refractivity contribution in [1.82, 2.24) is 10.2 Å². The van der Waals surface area contributed by atoms with Crippen molar-refractivity contribution < 1.29 is 23.5 Å². The Labute approximate surface area is 189 Å². The molecule has 1 unspecified atom stereocenters. The molecule has 3 aromatic rings. The third-order valence-corrected chi connectivity index (χ3v) is 5.01. The summed E-state index contributed by atoms with van der Waals surface area (Å²) in [5.74, 6) is 0.534. The number of nitrogens with zero attached hydrogens (tertiary/aromatic N) is 3. The fraction of sp³-hybridized carbons (Fsp3) is 0.238. The normalized spacial score (nSPS) is 12.4. The first-order chi connectivity index (χ1) is 14.9. The highest BCUT2D eigenvalue weighted by atomic mass is 35.5. The number of aryl methyl sites for hydroxylation is 1. The third kappa shape index (κ3) is 5.36. The van der Waals surface area contributed by atoms with Gasteiger partial charge in [0.25, 0.3) is 5.89 Å². The van der Waals surface area contributed by atoms with E-state index >= 15 is 0 Å². The highest BCUT2D eigenvalue weighted by Gasteiger charge is 2.25. The van der Waals surface area contributed by atoms with Gasteiger partial charge >= 0.3 is 5.97 Å². The average Bonchev–Trinajstić information content (AvgIpc) is 3.25. The van der Waals surface area contributed by atoms with Crippen LogP contribution in [0.15, 0.2) is 52.0 Å².